The third-order valence-electron chi connectivity index (χ3n) is 4.64. The first-order chi connectivity index (χ1) is 14.9. The number of nitrogens with zero attached hydrogens (tertiary/aromatic N) is 1. The number of para-hydroxylation sites is 1. The standard InChI is InChI=1S/C25H25N3O3/c1-17-13-18(2)23(19(3)14-17)15-26-28-25(30)20-9-11-22(12-10-20)31-16-24(29)27-21-7-5-4-6-8-21/h4-15H,16H2,1-3H3,(H,27,29)(H,28,30). The van der Waals surface area contributed by atoms with Crippen LogP contribution in [0, 0.1) is 20.8 Å². The lowest BCUT2D eigenvalue weighted by molar-refractivity contribution is -0.118. The maximum atomic E-state index is 12.3. The van der Waals surface area contributed by atoms with Crippen LogP contribution in [0.4, 0.5) is 5.69 Å². The van der Waals surface area contributed by atoms with Gasteiger partial charge in [0.15, 0.2) is 6.61 Å². The summed E-state index contributed by atoms with van der Waals surface area (Å²) in [7, 11) is 0. The van der Waals surface area contributed by atoms with Crippen molar-refractivity contribution in [1.29, 1.82) is 0 Å². The van der Waals surface area contributed by atoms with E-state index in [0.29, 0.717) is 17.0 Å². The SMILES string of the molecule is Cc1cc(C)c(C=NNC(=O)c2ccc(OCC(=O)Nc3ccccc3)cc2)c(C)c1. The second kappa shape index (κ2) is 10.2. The van der Waals surface area contributed by atoms with E-state index in [9.17, 15) is 9.59 Å². The molecular weight excluding hydrogens is 390 g/mol. The van der Waals surface area contributed by atoms with Gasteiger partial charge in [-0.25, -0.2) is 5.43 Å². The topological polar surface area (TPSA) is 79.8 Å². The highest BCUT2D eigenvalue weighted by Gasteiger charge is 2.07. The molecule has 2 N–H and O–H groups in total. The first-order valence-electron chi connectivity index (χ1n) is 9.91. The molecule has 6 nitrogen and oxygen atoms in total. The van der Waals surface area contributed by atoms with E-state index in [4.69, 9.17) is 4.74 Å². The number of ether oxygens (including phenoxy) is 1. The number of benzene rings is 3. The molecule has 0 bridgehead atoms. The van der Waals surface area contributed by atoms with Crippen LogP contribution in [0.25, 0.3) is 0 Å². The van der Waals surface area contributed by atoms with Gasteiger partial charge in [0.2, 0.25) is 0 Å². The summed E-state index contributed by atoms with van der Waals surface area (Å²) in [6.07, 6.45) is 1.66. The molecule has 0 heterocycles. The van der Waals surface area contributed by atoms with Crippen molar-refractivity contribution >= 4 is 23.7 Å². The minimum atomic E-state index is -0.327. The van der Waals surface area contributed by atoms with Crippen LogP contribution in [-0.2, 0) is 4.79 Å². The zero-order valence-corrected chi connectivity index (χ0v) is 17.8. The number of anilines is 1. The Bertz CT molecular complexity index is 1070. The number of nitrogens with one attached hydrogen (secondary N) is 2. The third-order valence-corrected chi connectivity index (χ3v) is 4.64. The third kappa shape index (κ3) is 6.27. The minimum Gasteiger partial charge on any atom is -0.484 e. The predicted molar refractivity (Wildman–Crippen MR) is 123 cm³/mol. The summed E-state index contributed by atoms with van der Waals surface area (Å²) in [6.45, 7) is 5.95. The molecule has 0 radical (unpaired) electrons. The Hall–Kier alpha value is -3.93. The lowest BCUT2D eigenvalue weighted by atomic mass is 10.0. The zero-order chi connectivity index (χ0) is 22.2. The Morgan fingerprint density at radius 2 is 1.58 bits per heavy atom. The van der Waals surface area contributed by atoms with Crippen molar-refractivity contribution in [3.05, 3.63) is 94.5 Å². The second-order valence-corrected chi connectivity index (χ2v) is 7.24. The summed E-state index contributed by atoms with van der Waals surface area (Å²) in [6, 6.07) is 19.8. The van der Waals surface area contributed by atoms with E-state index < -0.39 is 0 Å². The number of amides is 2. The van der Waals surface area contributed by atoms with Crippen LogP contribution in [-0.4, -0.2) is 24.6 Å². The van der Waals surface area contributed by atoms with E-state index in [2.05, 4.69) is 28.0 Å². The van der Waals surface area contributed by atoms with Gasteiger partial charge < -0.3 is 10.1 Å². The van der Waals surface area contributed by atoms with E-state index in [1.165, 1.54) is 5.56 Å². The fraction of sp³-hybridized carbons (Fsp3) is 0.160. The zero-order valence-electron chi connectivity index (χ0n) is 17.8. The Balaban J connectivity index is 1.51. The van der Waals surface area contributed by atoms with Crippen LogP contribution >= 0.6 is 0 Å². The van der Waals surface area contributed by atoms with Gasteiger partial charge in [-0.05, 0) is 68.3 Å². The molecule has 0 unspecified atom stereocenters. The highest BCUT2D eigenvalue weighted by atomic mass is 16.5. The Kier molecular flexibility index (Phi) is 7.17. The van der Waals surface area contributed by atoms with Crippen molar-refractivity contribution in [3.8, 4) is 5.75 Å². The molecule has 0 saturated carbocycles. The van der Waals surface area contributed by atoms with Gasteiger partial charge >= 0.3 is 0 Å². The van der Waals surface area contributed by atoms with Gasteiger partial charge in [-0.15, -0.1) is 0 Å². The van der Waals surface area contributed by atoms with Gasteiger partial charge in [-0.2, -0.15) is 5.10 Å². The number of aryl methyl sites for hydroxylation is 3. The largest absolute Gasteiger partial charge is 0.484 e. The summed E-state index contributed by atoms with van der Waals surface area (Å²) in [5, 5.41) is 6.83. The Morgan fingerprint density at radius 1 is 0.935 bits per heavy atom. The van der Waals surface area contributed by atoms with Crippen molar-refractivity contribution in [3.63, 3.8) is 0 Å². The molecule has 0 aliphatic rings. The van der Waals surface area contributed by atoms with Crippen molar-refractivity contribution in [2.45, 2.75) is 20.8 Å². The van der Waals surface area contributed by atoms with E-state index in [1.54, 1.807) is 42.6 Å². The van der Waals surface area contributed by atoms with Crippen LogP contribution in [0.1, 0.15) is 32.6 Å². The quantitative estimate of drug-likeness (QED) is 0.444. The number of carbonyl (C=O) groups excluding carboxylic acids is 2. The Morgan fingerprint density at radius 3 is 2.23 bits per heavy atom. The molecule has 3 rings (SSSR count). The van der Waals surface area contributed by atoms with Crippen molar-refractivity contribution in [2.24, 2.45) is 5.10 Å². The number of hydrazone groups is 1. The normalized spacial score (nSPS) is 10.7. The van der Waals surface area contributed by atoms with Gasteiger partial charge in [-0.1, -0.05) is 35.9 Å². The van der Waals surface area contributed by atoms with Crippen LogP contribution in [0.5, 0.6) is 5.75 Å². The van der Waals surface area contributed by atoms with Crippen molar-refractivity contribution in [1.82, 2.24) is 5.43 Å². The number of rotatable bonds is 7. The van der Waals surface area contributed by atoms with Gasteiger partial charge in [-0.3, -0.25) is 9.59 Å². The van der Waals surface area contributed by atoms with E-state index in [0.717, 1.165) is 16.7 Å². The van der Waals surface area contributed by atoms with Crippen LogP contribution in [0.2, 0.25) is 0 Å². The van der Waals surface area contributed by atoms with Crippen LogP contribution in [0.15, 0.2) is 71.8 Å². The fourth-order valence-electron chi connectivity index (χ4n) is 3.18. The molecule has 0 aliphatic heterocycles. The molecule has 31 heavy (non-hydrogen) atoms. The Labute approximate surface area is 182 Å². The number of carbonyl (C=O) groups is 2. The van der Waals surface area contributed by atoms with E-state index >= 15 is 0 Å². The van der Waals surface area contributed by atoms with Crippen molar-refractivity contribution in [2.75, 3.05) is 11.9 Å². The first kappa shape index (κ1) is 21.8. The lowest BCUT2D eigenvalue weighted by Gasteiger charge is -2.08. The van der Waals surface area contributed by atoms with Gasteiger partial charge in [0.25, 0.3) is 11.8 Å². The van der Waals surface area contributed by atoms with Crippen molar-refractivity contribution < 1.29 is 14.3 Å². The summed E-state index contributed by atoms with van der Waals surface area (Å²) in [5.74, 6) is -0.0924. The van der Waals surface area contributed by atoms with Gasteiger partial charge in [0, 0.05) is 16.8 Å². The fourth-order valence-corrected chi connectivity index (χ4v) is 3.18. The smallest absolute Gasteiger partial charge is 0.271 e. The average Bonchev–Trinajstić information content (AvgIpc) is 2.75. The van der Waals surface area contributed by atoms with Crippen LogP contribution in [0.3, 0.4) is 0 Å². The molecule has 0 aromatic heterocycles. The average molecular weight is 415 g/mol. The summed E-state index contributed by atoms with van der Waals surface area (Å²) < 4.78 is 5.48. The molecule has 158 valence electrons. The molecule has 6 heteroatoms. The second-order valence-electron chi connectivity index (χ2n) is 7.24. The van der Waals surface area contributed by atoms with Gasteiger partial charge in [0.1, 0.15) is 5.75 Å². The van der Waals surface area contributed by atoms with Crippen LogP contribution < -0.4 is 15.5 Å². The molecule has 0 atom stereocenters. The van der Waals surface area contributed by atoms with E-state index in [-0.39, 0.29) is 18.4 Å². The number of hydrogen-bond donors (Lipinski definition) is 2. The first-order valence-corrected chi connectivity index (χ1v) is 9.91. The molecular formula is C25H25N3O3. The highest BCUT2D eigenvalue weighted by Crippen LogP contribution is 2.15. The maximum absolute atomic E-state index is 12.3. The molecule has 0 fully saturated rings. The minimum absolute atomic E-state index is 0.125. The highest BCUT2D eigenvalue weighted by molar-refractivity contribution is 5.95. The summed E-state index contributed by atoms with van der Waals surface area (Å²) in [4.78, 5) is 24.3. The summed E-state index contributed by atoms with van der Waals surface area (Å²) >= 11 is 0. The maximum Gasteiger partial charge on any atom is 0.271 e. The molecule has 2 amide bonds. The number of hydrogen-bond acceptors (Lipinski definition) is 4. The van der Waals surface area contributed by atoms with Gasteiger partial charge in [0.05, 0.1) is 6.21 Å². The summed E-state index contributed by atoms with van der Waals surface area (Å²) in [5.41, 5.74) is 8.08. The molecule has 0 spiro atoms. The van der Waals surface area contributed by atoms with E-state index in [1.807, 2.05) is 39.0 Å². The molecule has 0 aliphatic carbocycles. The molecule has 3 aromatic rings. The predicted octanol–water partition coefficient (Wildman–Crippen LogP) is 4.39. The molecule has 3 aromatic carbocycles. The monoisotopic (exact) mass is 415 g/mol. The lowest BCUT2D eigenvalue weighted by Crippen LogP contribution is -2.20. The molecule has 0 saturated heterocycles.